The minimum Gasteiger partial charge on any atom is -0.492 e. The number of benzene rings is 1. The molecule has 2 rings (SSSR count). The van der Waals surface area contributed by atoms with E-state index < -0.39 is 0 Å². The molecule has 0 saturated carbocycles. The van der Waals surface area contributed by atoms with E-state index in [1.54, 1.807) is 0 Å². The highest BCUT2D eigenvalue weighted by atomic mass is 16.5. The Balaban J connectivity index is 1.70. The number of rotatable bonds is 6. The van der Waals surface area contributed by atoms with Crippen molar-refractivity contribution in [2.75, 3.05) is 19.7 Å². The first kappa shape index (κ1) is 18.0. The maximum Gasteiger partial charge on any atom is 0.240 e. The number of hydrogen-bond donors (Lipinski definition) is 1. The van der Waals surface area contributed by atoms with E-state index in [-0.39, 0.29) is 42.5 Å². The summed E-state index contributed by atoms with van der Waals surface area (Å²) in [5.41, 5.74) is 1.32. The van der Waals surface area contributed by atoms with Gasteiger partial charge in [-0.25, -0.2) is 0 Å². The van der Waals surface area contributed by atoms with Crippen molar-refractivity contribution in [3.63, 3.8) is 0 Å². The normalized spacial score (nSPS) is 14.9. The molecule has 24 heavy (non-hydrogen) atoms. The van der Waals surface area contributed by atoms with Crippen LogP contribution in [-0.2, 0) is 19.8 Å². The van der Waals surface area contributed by atoms with E-state index in [4.69, 9.17) is 4.74 Å². The van der Waals surface area contributed by atoms with Gasteiger partial charge < -0.3 is 10.1 Å². The Bertz CT molecular complexity index is 601. The third-order valence-electron chi connectivity index (χ3n) is 3.87. The van der Waals surface area contributed by atoms with Gasteiger partial charge in [0, 0.05) is 12.8 Å². The minimum absolute atomic E-state index is 0.0942. The fraction of sp³-hybridized carbons (Fsp3) is 0.500. The molecule has 0 unspecified atom stereocenters. The first-order chi connectivity index (χ1) is 11.3. The molecule has 1 aromatic carbocycles. The van der Waals surface area contributed by atoms with Crippen molar-refractivity contribution in [3.8, 4) is 5.75 Å². The Kier molecular flexibility index (Phi) is 5.59. The molecule has 1 N–H and O–H groups in total. The van der Waals surface area contributed by atoms with Gasteiger partial charge in [-0.1, -0.05) is 32.9 Å². The molecule has 0 aromatic heterocycles. The summed E-state index contributed by atoms with van der Waals surface area (Å²) in [4.78, 5) is 35.6. The minimum atomic E-state index is -0.356. The van der Waals surface area contributed by atoms with Gasteiger partial charge in [0.15, 0.2) is 0 Å². The number of ether oxygens (including phenoxy) is 1. The van der Waals surface area contributed by atoms with Crippen molar-refractivity contribution in [2.45, 2.75) is 39.0 Å². The molecule has 6 nitrogen and oxygen atoms in total. The molecule has 1 fully saturated rings. The number of amides is 3. The van der Waals surface area contributed by atoms with Crippen LogP contribution in [0.3, 0.4) is 0 Å². The average molecular weight is 332 g/mol. The highest BCUT2D eigenvalue weighted by molar-refractivity contribution is 6.04. The lowest BCUT2D eigenvalue weighted by Crippen LogP contribution is -2.41. The largest absolute Gasteiger partial charge is 0.492 e. The Morgan fingerprint density at radius 3 is 2.25 bits per heavy atom. The van der Waals surface area contributed by atoms with Crippen LogP contribution in [0.5, 0.6) is 5.75 Å². The number of hydrogen-bond acceptors (Lipinski definition) is 4. The number of carbonyl (C=O) groups is 3. The molecule has 130 valence electrons. The van der Waals surface area contributed by atoms with E-state index in [0.29, 0.717) is 13.2 Å². The lowest BCUT2D eigenvalue weighted by atomic mass is 9.87. The van der Waals surface area contributed by atoms with Crippen molar-refractivity contribution in [3.05, 3.63) is 29.8 Å². The van der Waals surface area contributed by atoms with Crippen LogP contribution in [0.1, 0.15) is 39.2 Å². The number of likely N-dealkylation sites (tertiary alicyclic amines) is 1. The lowest BCUT2D eigenvalue weighted by Gasteiger charge is -2.19. The second-order valence-electron chi connectivity index (χ2n) is 6.85. The van der Waals surface area contributed by atoms with Crippen LogP contribution >= 0.6 is 0 Å². The third-order valence-corrected chi connectivity index (χ3v) is 3.87. The summed E-state index contributed by atoms with van der Waals surface area (Å²) >= 11 is 0. The van der Waals surface area contributed by atoms with Crippen molar-refractivity contribution in [1.29, 1.82) is 0 Å². The summed E-state index contributed by atoms with van der Waals surface area (Å²) < 4.78 is 5.57. The molecular formula is C18H24N2O4. The zero-order chi connectivity index (χ0) is 17.7. The van der Waals surface area contributed by atoms with Crippen molar-refractivity contribution < 1.29 is 19.1 Å². The van der Waals surface area contributed by atoms with Gasteiger partial charge in [-0.15, -0.1) is 0 Å². The molecule has 1 aliphatic rings. The van der Waals surface area contributed by atoms with Gasteiger partial charge in [0.2, 0.25) is 17.7 Å². The van der Waals surface area contributed by atoms with E-state index in [1.807, 2.05) is 24.3 Å². The molecular weight excluding hydrogens is 308 g/mol. The van der Waals surface area contributed by atoms with Crippen LogP contribution in [0.25, 0.3) is 0 Å². The van der Waals surface area contributed by atoms with E-state index >= 15 is 0 Å². The summed E-state index contributed by atoms with van der Waals surface area (Å²) in [6.45, 7) is 6.87. The van der Waals surface area contributed by atoms with Gasteiger partial charge in [-0.05, 0) is 23.1 Å². The molecule has 1 saturated heterocycles. The summed E-state index contributed by atoms with van der Waals surface area (Å²) in [6.07, 6.45) is 0.388. The summed E-state index contributed by atoms with van der Waals surface area (Å²) in [7, 11) is 0. The van der Waals surface area contributed by atoms with Gasteiger partial charge in [0.1, 0.15) is 18.9 Å². The van der Waals surface area contributed by atoms with Gasteiger partial charge in [0.25, 0.3) is 0 Å². The molecule has 6 heteroatoms. The van der Waals surface area contributed by atoms with E-state index in [2.05, 4.69) is 26.1 Å². The molecule has 3 amide bonds. The van der Waals surface area contributed by atoms with Crippen LogP contribution in [0.2, 0.25) is 0 Å². The SMILES string of the molecule is CC(C)(C)c1ccc(OCCNC(=O)CN2C(=O)CCC2=O)cc1. The topological polar surface area (TPSA) is 75.7 Å². The number of carbonyl (C=O) groups excluding carboxylic acids is 3. The van der Waals surface area contributed by atoms with Crippen molar-refractivity contribution in [1.82, 2.24) is 10.2 Å². The third kappa shape index (κ3) is 4.81. The van der Waals surface area contributed by atoms with E-state index in [9.17, 15) is 14.4 Å². The standard InChI is InChI=1S/C18H24N2O4/c1-18(2,3)13-4-6-14(7-5-13)24-11-10-19-15(21)12-20-16(22)8-9-17(20)23/h4-7H,8-12H2,1-3H3,(H,19,21). The first-order valence-electron chi connectivity index (χ1n) is 8.10. The quantitative estimate of drug-likeness (QED) is 0.634. The van der Waals surface area contributed by atoms with E-state index in [1.165, 1.54) is 5.56 Å². The smallest absolute Gasteiger partial charge is 0.240 e. The Hall–Kier alpha value is -2.37. The number of imide groups is 1. The summed E-state index contributed by atoms with van der Waals surface area (Å²) in [5, 5.41) is 2.65. The Morgan fingerprint density at radius 1 is 1.12 bits per heavy atom. The predicted octanol–water partition coefficient (Wildman–Crippen LogP) is 1.63. The fourth-order valence-corrected chi connectivity index (χ4v) is 2.41. The molecule has 0 aliphatic carbocycles. The number of nitrogens with zero attached hydrogens (tertiary/aromatic N) is 1. The molecule has 0 bridgehead atoms. The van der Waals surface area contributed by atoms with Crippen molar-refractivity contribution >= 4 is 17.7 Å². The fourth-order valence-electron chi connectivity index (χ4n) is 2.41. The first-order valence-corrected chi connectivity index (χ1v) is 8.10. The summed E-state index contributed by atoms with van der Waals surface area (Å²) in [6, 6.07) is 7.87. The van der Waals surface area contributed by atoms with Gasteiger partial charge in [-0.3, -0.25) is 19.3 Å². The summed E-state index contributed by atoms with van der Waals surface area (Å²) in [5.74, 6) is -0.192. The zero-order valence-corrected chi connectivity index (χ0v) is 14.4. The highest BCUT2D eigenvalue weighted by Crippen LogP contribution is 2.24. The van der Waals surface area contributed by atoms with Crippen LogP contribution in [0.4, 0.5) is 0 Å². The van der Waals surface area contributed by atoms with E-state index in [0.717, 1.165) is 10.6 Å². The Labute approximate surface area is 142 Å². The molecule has 1 heterocycles. The predicted molar refractivity (Wildman–Crippen MR) is 89.6 cm³/mol. The average Bonchev–Trinajstić information content (AvgIpc) is 2.83. The second kappa shape index (κ2) is 7.47. The van der Waals surface area contributed by atoms with Crippen LogP contribution < -0.4 is 10.1 Å². The molecule has 1 aromatic rings. The van der Waals surface area contributed by atoms with Gasteiger partial charge in [-0.2, -0.15) is 0 Å². The number of nitrogens with one attached hydrogen (secondary N) is 1. The monoisotopic (exact) mass is 332 g/mol. The molecule has 0 spiro atoms. The van der Waals surface area contributed by atoms with Crippen LogP contribution in [0, 0.1) is 0 Å². The zero-order valence-electron chi connectivity index (χ0n) is 14.4. The lowest BCUT2D eigenvalue weighted by molar-refractivity contribution is -0.142. The van der Waals surface area contributed by atoms with Crippen molar-refractivity contribution in [2.24, 2.45) is 0 Å². The molecule has 0 radical (unpaired) electrons. The molecule has 1 aliphatic heterocycles. The van der Waals surface area contributed by atoms with Gasteiger partial charge >= 0.3 is 0 Å². The second-order valence-corrected chi connectivity index (χ2v) is 6.85. The van der Waals surface area contributed by atoms with Gasteiger partial charge in [0.05, 0.1) is 6.54 Å². The highest BCUT2D eigenvalue weighted by Gasteiger charge is 2.30. The Morgan fingerprint density at radius 2 is 1.71 bits per heavy atom. The maximum absolute atomic E-state index is 11.7. The molecule has 0 atom stereocenters. The maximum atomic E-state index is 11.7. The van der Waals surface area contributed by atoms with Crippen LogP contribution in [0.15, 0.2) is 24.3 Å². The van der Waals surface area contributed by atoms with Crippen LogP contribution in [-0.4, -0.2) is 42.3 Å².